The Morgan fingerprint density at radius 3 is 1.08 bits per heavy atom. The van der Waals surface area contributed by atoms with Crippen LogP contribution in [0, 0.1) is 0 Å². The average Bonchev–Trinajstić information content (AvgIpc) is 3.33. The zero-order valence-corrected chi connectivity index (χ0v) is 48.9. The second-order valence-corrected chi connectivity index (χ2v) is 23.9. The molecule has 0 aromatic carbocycles. The van der Waals surface area contributed by atoms with E-state index in [0.717, 1.165) is 57.8 Å². The lowest BCUT2D eigenvalue weighted by Gasteiger charge is -2.24. The molecule has 0 fully saturated rings. The van der Waals surface area contributed by atoms with Crippen LogP contribution in [0.4, 0.5) is 0 Å². The smallest absolute Gasteiger partial charge is 0.462 e. The highest BCUT2D eigenvalue weighted by Gasteiger charge is 2.27. The number of ether oxygens (including phenoxy) is 2. The summed E-state index contributed by atoms with van der Waals surface area (Å²) in [5.41, 5.74) is 0. The number of allylic oxidation sites excluding steroid dienone is 2. The number of phosphoric acid groups is 1. The molecule has 10 heteroatoms. The van der Waals surface area contributed by atoms with E-state index in [2.05, 4.69) is 26.0 Å². The number of nitrogens with zero attached hydrogens (tertiary/aromatic N) is 1. The topological polar surface area (TPSA) is 108 Å². The maximum atomic E-state index is 12.7. The number of quaternary nitrogens is 1. The van der Waals surface area contributed by atoms with E-state index in [-0.39, 0.29) is 25.6 Å². The van der Waals surface area contributed by atoms with Crippen molar-refractivity contribution in [3.63, 3.8) is 0 Å². The van der Waals surface area contributed by atoms with E-state index in [0.29, 0.717) is 23.9 Å². The standard InChI is InChI=1S/C61H120NO8P/c1-6-8-10-12-14-16-18-19-20-21-22-23-24-25-26-27-28-29-30-31-32-33-34-35-36-37-38-39-40-41-42-44-45-47-49-51-53-60(63)67-57-59(58-69-71(65,66)68-56-55-62(3,4)5)70-61(64)54-52-50-48-46-43-17-15-13-11-9-7-2/h13,15,59H,6-12,14,16-58H2,1-5H3/p+1/b15-13-. The normalized spacial score (nSPS) is 13.3. The SMILES string of the molecule is CCCC/C=C\CCCCCCCC(=O)OC(COC(=O)CCCCCCCCCCCCCCCCCCCCCCCCCCCCCCCCCCCCCC)COP(=O)(O)OCC[N+](C)(C)C. The maximum absolute atomic E-state index is 12.7. The minimum Gasteiger partial charge on any atom is -0.462 e. The van der Waals surface area contributed by atoms with Gasteiger partial charge < -0.3 is 18.9 Å². The first kappa shape index (κ1) is 69.8. The third kappa shape index (κ3) is 57.9. The van der Waals surface area contributed by atoms with Gasteiger partial charge in [0.05, 0.1) is 27.7 Å². The molecule has 0 saturated heterocycles. The van der Waals surface area contributed by atoms with Gasteiger partial charge >= 0.3 is 19.8 Å². The number of phosphoric ester groups is 1. The van der Waals surface area contributed by atoms with Gasteiger partial charge in [0.1, 0.15) is 19.8 Å². The Morgan fingerprint density at radius 1 is 0.423 bits per heavy atom. The predicted molar refractivity (Wildman–Crippen MR) is 303 cm³/mol. The molecular weight excluding hydrogens is 906 g/mol. The fourth-order valence-electron chi connectivity index (χ4n) is 9.24. The van der Waals surface area contributed by atoms with Crippen LogP contribution in [0.25, 0.3) is 0 Å². The first-order valence-corrected chi connectivity index (χ1v) is 32.4. The fourth-order valence-corrected chi connectivity index (χ4v) is 9.98. The monoisotopic (exact) mass is 1030 g/mol. The molecule has 0 amide bonds. The molecule has 0 aliphatic carbocycles. The van der Waals surface area contributed by atoms with Gasteiger partial charge in [0, 0.05) is 12.8 Å². The van der Waals surface area contributed by atoms with Crippen LogP contribution in [-0.2, 0) is 32.7 Å². The Balaban J connectivity index is 3.82. The first-order chi connectivity index (χ1) is 34.5. The molecule has 0 aliphatic rings. The lowest BCUT2D eigenvalue weighted by Crippen LogP contribution is -2.37. The molecule has 0 spiro atoms. The molecule has 0 saturated carbocycles. The highest BCUT2D eigenvalue weighted by atomic mass is 31.2. The second-order valence-electron chi connectivity index (χ2n) is 22.5. The van der Waals surface area contributed by atoms with Crippen molar-refractivity contribution in [2.45, 2.75) is 322 Å². The molecule has 0 aliphatic heterocycles. The van der Waals surface area contributed by atoms with Gasteiger partial charge in [-0.15, -0.1) is 0 Å². The number of carbonyl (C=O) groups is 2. The number of unbranched alkanes of at least 4 members (excludes halogenated alkanes) is 42. The molecule has 0 heterocycles. The van der Waals surface area contributed by atoms with Gasteiger partial charge in [0.2, 0.25) is 0 Å². The Kier molecular flexibility index (Phi) is 52.6. The van der Waals surface area contributed by atoms with Crippen molar-refractivity contribution in [2.75, 3.05) is 47.5 Å². The Bertz CT molecular complexity index is 1210. The summed E-state index contributed by atoms with van der Waals surface area (Å²) in [6.07, 6.45) is 63.4. The Labute approximate surface area is 441 Å². The van der Waals surface area contributed by atoms with Crippen molar-refractivity contribution >= 4 is 19.8 Å². The number of hydrogen-bond donors (Lipinski definition) is 1. The van der Waals surface area contributed by atoms with Crippen LogP contribution in [-0.4, -0.2) is 74.9 Å². The van der Waals surface area contributed by atoms with Gasteiger partial charge in [-0.25, -0.2) is 4.57 Å². The molecule has 0 aromatic rings. The average molecular weight is 1030 g/mol. The molecule has 0 aromatic heterocycles. The Morgan fingerprint density at radius 2 is 0.732 bits per heavy atom. The van der Waals surface area contributed by atoms with Gasteiger partial charge in [-0.1, -0.05) is 283 Å². The van der Waals surface area contributed by atoms with E-state index >= 15 is 0 Å². The van der Waals surface area contributed by atoms with E-state index in [1.54, 1.807) is 0 Å². The molecule has 9 nitrogen and oxygen atoms in total. The third-order valence-electron chi connectivity index (χ3n) is 14.0. The minimum atomic E-state index is -4.38. The lowest BCUT2D eigenvalue weighted by molar-refractivity contribution is -0.870. The molecule has 2 atom stereocenters. The van der Waals surface area contributed by atoms with Gasteiger partial charge in [0.15, 0.2) is 6.10 Å². The highest BCUT2D eigenvalue weighted by Crippen LogP contribution is 2.43. The summed E-state index contributed by atoms with van der Waals surface area (Å²) in [6, 6.07) is 0. The van der Waals surface area contributed by atoms with Crippen LogP contribution >= 0.6 is 7.82 Å². The van der Waals surface area contributed by atoms with Crippen LogP contribution in [0.15, 0.2) is 12.2 Å². The molecule has 422 valence electrons. The second kappa shape index (κ2) is 53.6. The van der Waals surface area contributed by atoms with Crippen LogP contribution in [0.3, 0.4) is 0 Å². The van der Waals surface area contributed by atoms with Crippen LogP contribution in [0.2, 0.25) is 0 Å². The zero-order valence-electron chi connectivity index (χ0n) is 48.0. The highest BCUT2D eigenvalue weighted by molar-refractivity contribution is 7.47. The summed E-state index contributed by atoms with van der Waals surface area (Å²) in [5, 5.41) is 0. The first-order valence-electron chi connectivity index (χ1n) is 30.9. The predicted octanol–water partition coefficient (Wildman–Crippen LogP) is 19.2. The summed E-state index contributed by atoms with van der Waals surface area (Å²) >= 11 is 0. The number of likely N-dealkylation sites (N-methyl/N-ethyl adjacent to an activating group) is 1. The summed E-state index contributed by atoms with van der Waals surface area (Å²) < 4.78 is 34.5. The van der Waals surface area contributed by atoms with E-state index in [1.807, 2.05) is 21.1 Å². The van der Waals surface area contributed by atoms with Crippen LogP contribution in [0.1, 0.15) is 316 Å². The molecule has 2 unspecified atom stereocenters. The molecule has 0 bridgehead atoms. The van der Waals surface area contributed by atoms with Gasteiger partial charge in [-0.05, 0) is 32.1 Å². The Hall–Kier alpha value is -1.25. The van der Waals surface area contributed by atoms with E-state index in [9.17, 15) is 19.0 Å². The summed E-state index contributed by atoms with van der Waals surface area (Å²) in [6.45, 7) is 4.43. The van der Waals surface area contributed by atoms with Crippen molar-refractivity contribution in [3.8, 4) is 0 Å². The number of rotatable bonds is 58. The van der Waals surface area contributed by atoms with Gasteiger partial charge in [-0.3, -0.25) is 18.6 Å². The molecule has 0 radical (unpaired) electrons. The van der Waals surface area contributed by atoms with Crippen molar-refractivity contribution in [1.82, 2.24) is 0 Å². The maximum Gasteiger partial charge on any atom is 0.472 e. The summed E-state index contributed by atoms with van der Waals surface area (Å²) in [7, 11) is 1.49. The van der Waals surface area contributed by atoms with Crippen LogP contribution < -0.4 is 0 Å². The molecule has 0 rings (SSSR count). The fraction of sp³-hybridized carbons (Fsp3) is 0.934. The van der Waals surface area contributed by atoms with Crippen molar-refractivity contribution in [1.29, 1.82) is 0 Å². The van der Waals surface area contributed by atoms with E-state index < -0.39 is 26.5 Å². The van der Waals surface area contributed by atoms with E-state index in [4.69, 9.17) is 18.5 Å². The third-order valence-corrected chi connectivity index (χ3v) is 15.0. The lowest BCUT2D eigenvalue weighted by atomic mass is 10.0. The summed E-state index contributed by atoms with van der Waals surface area (Å²) in [5.74, 6) is -0.794. The van der Waals surface area contributed by atoms with Crippen molar-refractivity contribution in [2.24, 2.45) is 0 Å². The number of esters is 2. The van der Waals surface area contributed by atoms with Crippen molar-refractivity contribution < 1.29 is 42.1 Å². The zero-order chi connectivity index (χ0) is 52.0. The number of hydrogen-bond acceptors (Lipinski definition) is 7. The summed E-state index contributed by atoms with van der Waals surface area (Å²) in [4.78, 5) is 35.5. The van der Waals surface area contributed by atoms with Gasteiger partial charge in [0.25, 0.3) is 0 Å². The molecule has 1 N–H and O–H groups in total. The van der Waals surface area contributed by atoms with Crippen molar-refractivity contribution in [3.05, 3.63) is 12.2 Å². The molecule has 71 heavy (non-hydrogen) atoms. The number of carbonyl (C=O) groups excluding carboxylic acids is 2. The quantitative estimate of drug-likeness (QED) is 0.0211. The van der Waals surface area contributed by atoms with Gasteiger partial charge in [-0.2, -0.15) is 0 Å². The largest absolute Gasteiger partial charge is 0.472 e. The van der Waals surface area contributed by atoms with E-state index in [1.165, 1.54) is 225 Å². The van der Waals surface area contributed by atoms with Crippen LogP contribution in [0.5, 0.6) is 0 Å². The minimum absolute atomic E-state index is 0.0334. The molecular formula is C61H121NO8P+.